The van der Waals surface area contributed by atoms with E-state index < -0.39 is 10.0 Å². The van der Waals surface area contributed by atoms with Crippen molar-refractivity contribution in [3.05, 3.63) is 59.0 Å². The lowest BCUT2D eigenvalue weighted by Crippen LogP contribution is -2.47. The zero-order chi connectivity index (χ0) is 23.8. The third kappa shape index (κ3) is 4.89. The topological polar surface area (TPSA) is 93.0 Å². The summed E-state index contributed by atoms with van der Waals surface area (Å²) in [5, 5.41) is 5.91. The van der Waals surface area contributed by atoms with Crippen molar-refractivity contribution >= 4 is 26.7 Å². The van der Waals surface area contributed by atoms with Crippen molar-refractivity contribution in [3.63, 3.8) is 0 Å². The highest BCUT2D eigenvalue weighted by atomic mass is 32.2. The number of benzene rings is 2. The summed E-state index contributed by atoms with van der Waals surface area (Å²) >= 11 is 0. The molecule has 2 aromatic carbocycles. The molecule has 1 aromatic heterocycles. The highest BCUT2D eigenvalue weighted by Gasteiger charge is 2.30. The van der Waals surface area contributed by atoms with Gasteiger partial charge < -0.3 is 14.2 Å². The summed E-state index contributed by atoms with van der Waals surface area (Å²) in [7, 11) is -1.66. The van der Waals surface area contributed by atoms with Crippen LogP contribution in [0.3, 0.4) is 0 Å². The Labute approximate surface area is 194 Å². The first-order chi connectivity index (χ1) is 15.6. The van der Waals surface area contributed by atoms with Crippen LogP contribution >= 0.6 is 0 Å². The number of amides is 1. The molecule has 0 atom stereocenters. The van der Waals surface area contributed by atoms with Crippen LogP contribution in [-0.4, -0.2) is 61.1 Å². The maximum absolute atomic E-state index is 13.5. The fourth-order valence-electron chi connectivity index (χ4n) is 4.24. The molecule has 1 aliphatic rings. The van der Waals surface area contributed by atoms with E-state index in [4.69, 9.17) is 9.26 Å². The molecule has 0 aliphatic carbocycles. The average Bonchev–Trinajstić information content (AvgIpc) is 3.12. The average molecular weight is 472 g/mol. The molecule has 1 saturated heterocycles. The second kappa shape index (κ2) is 9.15. The van der Waals surface area contributed by atoms with Gasteiger partial charge in [0, 0.05) is 26.2 Å². The third-order valence-corrected chi connectivity index (χ3v) is 7.76. The Morgan fingerprint density at radius 1 is 1.18 bits per heavy atom. The first kappa shape index (κ1) is 23.3. The highest BCUT2D eigenvalue weighted by Crippen LogP contribution is 2.30. The van der Waals surface area contributed by atoms with Crippen molar-refractivity contribution in [1.82, 2.24) is 14.4 Å². The minimum atomic E-state index is -3.26. The van der Waals surface area contributed by atoms with Crippen molar-refractivity contribution in [2.24, 2.45) is 0 Å². The van der Waals surface area contributed by atoms with Crippen molar-refractivity contribution in [1.29, 1.82) is 0 Å². The number of aromatic nitrogens is 1. The van der Waals surface area contributed by atoms with Crippen molar-refractivity contribution in [2.75, 3.05) is 26.4 Å². The first-order valence-corrected chi connectivity index (χ1v) is 12.8. The number of fused-ring (bicyclic) bond motifs is 1. The van der Waals surface area contributed by atoms with E-state index in [1.807, 2.05) is 50.2 Å². The summed E-state index contributed by atoms with van der Waals surface area (Å²) in [6.07, 6.45) is 2.40. The Hall–Kier alpha value is -2.91. The maximum atomic E-state index is 13.5. The van der Waals surface area contributed by atoms with E-state index >= 15 is 0 Å². The fourth-order valence-corrected chi connectivity index (χ4v) is 4.99. The van der Waals surface area contributed by atoms with E-state index in [-0.39, 0.29) is 18.6 Å². The number of ether oxygens (including phenoxy) is 1. The Morgan fingerprint density at radius 2 is 1.82 bits per heavy atom. The lowest BCUT2D eigenvalue weighted by molar-refractivity contribution is 0.0681. The van der Waals surface area contributed by atoms with Crippen LogP contribution < -0.4 is 4.74 Å². The molecule has 0 unspecified atom stereocenters. The number of carbonyl (C=O) groups excluding carboxylic acids is 1. The van der Waals surface area contributed by atoms with Gasteiger partial charge in [-0.2, -0.15) is 0 Å². The van der Waals surface area contributed by atoms with Gasteiger partial charge in [-0.3, -0.25) is 4.79 Å². The second-order valence-electron chi connectivity index (χ2n) is 8.59. The molecule has 176 valence electrons. The van der Waals surface area contributed by atoms with Crippen LogP contribution in [0.4, 0.5) is 0 Å². The van der Waals surface area contributed by atoms with Crippen molar-refractivity contribution in [2.45, 2.75) is 39.3 Å². The summed E-state index contributed by atoms with van der Waals surface area (Å²) < 4.78 is 36.5. The summed E-state index contributed by atoms with van der Waals surface area (Å²) in [5.41, 5.74) is 2.12. The molecule has 0 bridgehead atoms. The maximum Gasteiger partial charge on any atom is 0.257 e. The van der Waals surface area contributed by atoms with Gasteiger partial charge in [0.05, 0.1) is 23.1 Å². The standard InChI is InChI=1S/C24H29N3O5S/c1-16-22(17(2)32-25-16)15-31-23-14-19-8-6-5-7-18(19)13-21(23)24(28)27-11-9-20(10-12-27)26(3)33(4,29)30/h5-8,13-14,20H,9-12,15H2,1-4H3. The summed E-state index contributed by atoms with van der Waals surface area (Å²) in [6, 6.07) is 11.5. The number of aryl methyl sites for hydroxylation is 2. The molecule has 2 heterocycles. The smallest absolute Gasteiger partial charge is 0.257 e. The number of hydrogen-bond acceptors (Lipinski definition) is 6. The molecule has 4 rings (SSSR count). The number of rotatable bonds is 6. The van der Waals surface area contributed by atoms with Gasteiger partial charge in [0.25, 0.3) is 5.91 Å². The fraction of sp³-hybridized carbons (Fsp3) is 0.417. The number of likely N-dealkylation sites (tertiary alicyclic amines) is 1. The monoisotopic (exact) mass is 471 g/mol. The largest absolute Gasteiger partial charge is 0.488 e. The van der Waals surface area contributed by atoms with E-state index in [1.165, 1.54) is 10.6 Å². The second-order valence-corrected chi connectivity index (χ2v) is 10.6. The zero-order valence-electron chi connectivity index (χ0n) is 19.4. The zero-order valence-corrected chi connectivity index (χ0v) is 20.2. The summed E-state index contributed by atoms with van der Waals surface area (Å²) in [4.78, 5) is 15.3. The Morgan fingerprint density at radius 3 is 2.39 bits per heavy atom. The number of nitrogens with zero attached hydrogens (tertiary/aromatic N) is 3. The minimum absolute atomic E-state index is 0.101. The molecule has 3 aromatic rings. The third-order valence-electron chi connectivity index (χ3n) is 6.42. The molecule has 1 amide bonds. The Balaban J connectivity index is 1.58. The van der Waals surface area contributed by atoms with Gasteiger partial charge >= 0.3 is 0 Å². The predicted octanol–water partition coefficient (Wildman–Crippen LogP) is 3.52. The van der Waals surface area contributed by atoms with Crippen LogP contribution in [0.5, 0.6) is 5.75 Å². The summed E-state index contributed by atoms with van der Waals surface area (Å²) in [6.45, 7) is 4.92. The van der Waals surface area contributed by atoms with Crippen LogP contribution in [0.2, 0.25) is 0 Å². The van der Waals surface area contributed by atoms with E-state index in [9.17, 15) is 13.2 Å². The molecule has 1 fully saturated rings. The van der Waals surface area contributed by atoms with Crippen molar-refractivity contribution < 1.29 is 22.5 Å². The van der Waals surface area contributed by atoms with Crippen LogP contribution in [0, 0.1) is 13.8 Å². The van der Waals surface area contributed by atoms with Gasteiger partial charge in [-0.25, -0.2) is 12.7 Å². The SMILES string of the molecule is Cc1noc(C)c1COc1cc2ccccc2cc1C(=O)N1CCC(N(C)S(C)(=O)=O)CC1. The molecule has 0 radical (unpaired) electrons. The first-order valence-electron chi connectivity index (χ1n) is 10.9. The number of carbonyl (C=O) groups is 1. The van der Waals surface area contributed by atoms with E-state index in [0.717, 1.165) is 22.0 Å². The molecule has 1 aliphatic heterocycles. The molecule has 0 N–H and O–H groups in total. The highest BCUT2D eigenvalue weighted by molar-refractivity contribution is 7.88. The van der Waals surface area contributed by atoms with E-state index in [0.29, 0.717) is 43.0 Å². The molecular weight excluding hydrogens is 442 g/mol. The van der Waals surface area contributed by atoms with E-state index in [2.05, 4.69) is 5.16 Å². The van der Waals surface area contributed by atoms with Crippen LogP contribution in [0.1, 0.15) is 40.2 Å². The molecular formula is C24H29N3O5S. The lowest BCUT2D eigenvalue weighted by Gasteiger charge is -2.35. The van der Waals surface area contributed by atoms with Gasteiger partial charge in [0.2, 0.25) is 10.0 Å². The molecule has 9 heteroatoms. The lowest BCUT2D eigenvalue weighted by atomic mass is 10.0. The Bertz CT molecular complexity index is 1260. The van der Waals surface area contributed by atoms with Gasteiger partial charge in [-0.05, 0) is 49.6 Å². The van der Waals surface area contributed by atoms with Gasteiger partial charge in [0.15, 0.2) is 0 Å². The van der Waals surface area contributed by atoms with Crippen LogP contribution in [-0.2, 0) is 16.6 Å². The Kier molecular flexibility index (Phi) is 6.45. The van der Waals surface area contributed by atoms with Gasteiger partial charge in [0.1, 0.15) is 18.1 Å². The quantitative estimate of drug-likeness (QED) is 0.546. The van der Waals surface area contributed by atoms with Crippen molar-refractivity contribution in [3.8, 4) is 5.75 Å². The van der Waals surface area contributed by atoms with E-state index in [1.54, 1.807) is 11.9 Å². The minimum Gasteiger partial charge on any atom is -0.488 e. The molecule has 8 nitrogen and oxygen atoms in total. The van der Waals surface area contributed by atoms with Crippen LogP contribution in [0.25, 0.3) is 10.8 Å². The number of hydrogen-bond donors (Lipinski definition) is 0. The van der Waals surface area contributed by atoms with Crippen LogP contribution in [0.15, 0.2) is 40.9 Å². The molecule has 33 heavy (non-hydrogen) atoms. The molecule has 0 saturated carbocycles. The summed E-state index contributed by atoms with van der Waals surface area (Å²) in [5.74, 6) is 1.09. The van der Waals surface area contributed by atoms with Gasteiger partial charge in [-0.15, -0.1) is 0 Å². The van der Waals surface area contributed by atoms with Gasteiger partial charge in [-0.1, -0.05) is 29.4 Å². The normalized spacial score (nSPS) is 15.4. The number of sulfonamides is 1. The predicted molar refractivity (Wildman–Crippen MR) is 126 cm³/mol. The number of piperidine rings is 1. The molecule has 0 spiro atoms.